The first-order valence-electron chi connectivity index (χ1n) is 7.84. The second kappa shape index (κ2) is 7.60. The minimum Gasteiger partial charge on any atom is -0.349 e. The van der Waals surface area contributed by atoms with E-state index < -0.39 is 6.23 Å². The third kappa shape index (κ3) is 3.83. The van der Waals surface area contributed by atoms with Crippen molar-refractivity contribution in [3.05, 3.63) is 70.7 Å². The molecule has 1 fully saturated rings. The standard InChI is InChI=1S/C19H18ClNO3/c20-16-8-6-15(7-9-16)11-18(23)21-17(13-24-19(21)12-22)10-14-4-2-1-3-5-14/h1-9,12,17,19H,10-11,13H2/t17-,19?/m1/s1. The van der Waals surface area contributed by atoms with Crippen molar-refractivity contribution in [1.82, 2.24) is 4.90 Å². The number of hydrogen-bond donors (Lipinski definition) is 0. The lowest BCUT2D eigenvalue weighted by Gasteiger charge is -2.26. The van der Waals surface area contributed by atoms with Gasteiger partial charge in [0.1, 0.15) is 0 Å². The van der Waals surface area contributed by atoms with Crippen molar-refractivity contribution in [1.29, 1.82) is 0 Å². The monoisotopic (exact) mass is 343 g/mol. The fourth-order valence-electron chi connectivity index (χ4n) is 2.94. The molecular weight excluding hydrogens is 326 g/mol. The predicted molar refractivity (Wildman–Crippen MR) is 91.7 cm³/mol. The molecule has 124 valence electrons. The van der Waals surface area contributed by atoms with Gasteiger partial charge in [-0.05, 0) is 29.7 Å². The van der Waals surface area contributed by atoms with Gasteiger partial charge < -0.3 is 9.64 Å². The molecule has 2 atom stereocenters. The summed E-state index contributed by atoms with van der Waals surface area (Å²) in [5.74, 6) is -0.118. The minimum absolute atomic E-state index is 0.118. The summed E-state index contributed by atoms with van der Waals surface area (Å²) in [6, 6.07) is 16.9. The average Bonchev–Trinajstić information content (AvgIpc) is 3.00. The molecule has 1 aliphatic heterocycles. The van der Waals surface area contributed by atoms with E-state index in [-0.39, 0.29) is 18.4 Å². The summed E-state index contributed by atoms with van der Waals surface area (Å²) in [5, 5.41) is 0.628. The molecule has 0 bridgehead atoms. The fourth-order valence-corrected chi connectivity index (χ4v) is 3.07. The molecule has 0 saturated carbocycles. The van der Waals surface area contributed by atoms with Gasteiger partial charge in [-0.15, -0.1) is 0 Å². The van der Waals surface area contributed by atoms with Gasteiger partial charge in [-0.2, -0.15) is 0 Å². The van der Waals surface area contributed by atoms with Gasteiger partial charge in [-0.25, -0.2) is 0 Å². The Balaban J connectivity index is 1.74. The number of halogens is 1. The van der Waals surface area contributed by atoms with Crippen LogP contribution < -0.4 is 0 Å². The minimum atomic E-state index is -0.807. The number of aldehydes is 1. The molecular formula is C19H18ClNO3. The number of nitrogens with zero attached hydrogens (tertiary/aromatic N) is 1. The van der Waals surface area contributed by atoms with Crippen molar-refractivity contribution in [2.45, 2.75) is 25.1 Å². The highest BCUT2D eigenvalue weighted by atomic mass is 35.5. The number of benzene rings is 2. The lowest BCUT2D eigenvalue weighted by atomic mass is 10.0. The summed E-state index contributed by atoms with van der Waals surface area (Å²) < 4.78 is 5.49. The van der Waals surface area contributed by atoms with Crippen LogP contribution in [0.5, 0.6) is 0 Å². The average molecular weight is 344 g/mol. The molecule has 5 heteroatoms. The van der Waals surface area contributed by atoms with E-state index in [0.29, 0.717) is 24.3 Å². The molecule has 1 saturated heterocycles. The third-order valence-electron chi connectivity index (χ3n) is 4.11. The van der Waals surface area contributed by atoms with Gasteiger partial charge in [0.25, 0.3) is 0 Å². The van der Waals surface area contributed by atoms with Crippen LogP contribution in [-0.4, -0.2) is 36.0 Å². The van der Waals surface area contributed by atoms with Crippen LogP contribution in [0.3, 0.4) is 0 Å². The fraction of sp³-hybridized carbons (Fsp3) is 0.263. The summed E-state index contributed by atoms with van der Waals surface area (Å²) in [5.41, 5.74) is 1.97. The van der Waals surface area contributed by atoms with Crippen molar-refractivity contribution in [2.75, 3.05) is 6.61 Å². The maximum absolute atomic E-state index is 12.7. The highest BCUT2D eigenvalue weighted by molar-refractivity contribution is 6.30. The number of hydrogen-bond acceptors (Lipinski definition) is 3. The van der Waals surface area contributed by atoms with Gasteiger partial charge in [0, 0.05) is 5.02 Å². The zero-order valence-electron chi connectivity index (χ0n) is 13.1. The maximum atomic E-state index is 12.7. The van der Waals surface area contributed by atoms with Gasteiger partial charge >= 0.3 is 0 Å². The van der Waals surface area contributed by atoms with Crippen molar-refractivity contribution in [3.8, 4) is 0 Å². The Morgan fingerprint density at radius 3 is 2.50 bits per heavy atom. The lowest BCUT2D eigenvalue weighted by Crippen LogP contribution is -2.44. The second-order valence-electron chi connectivity index (χ2n) is 5.81. The normalized spacial score (nSPS) is 20.1. The van der Waals surface area contributed by atoms with Gasteiger partial charge in [0.05, 0.1) is 19.1 Å². The number of carbonyl (C=O) groups excluding carboxylic acids is 2. The number of carbonyl (C=O) groups is 2. The van der Waals surface area contributed by atoms with Crippen molar-refractivity contribution < 1.29 is 14.3 Å². The molecule has 3 rings (SSSR count). The molecule has 0 aliphatic carbocycles. The zero-order valence-corrected chi connectivity index (χ0v) is 13.9. The van der Waals surface area contributed by atoms with Crippen LogP contribution in [0.1, 0.15) is 11.1 Å². The first kappa shape index (κ1) is 16.7. The molecule has 1 amide bonds. The number of amides is 1. The summed E-state index contributed by atoms with van der Waals surface area (Å²) in [4.78, 5) is 25.6. The van der Waals surface area contributed by atoms with Crippen LogP contribution >= 0.6 is 11.6 Å². The summed E-state index contributed by atoms with van der Waals surface area (Å²) in [6.07, 6.45) is 0.761. The van der Waals surface area contributed by atoms with E-state index in [1.807, 2.05) is 42.5 Å². The number of rotatable bonds is 5. The molecule has 1 aliphatic rings. The van der Waals surface area contributed by atoms with Gasteiger partial charge in [-0.1, -0.05) is 54.1 Å². The van der Waals surface area contributed by atoms with E-state index in [4.69, 9.17) is 16.3 Å². The van der Waals surface area contributed by atoms with E-state index in [1.54, 1.807) is 17.0 Å². The zero-order chi connectivity index (χ0) is 16.9. The molecule has 1 unspecified atom stereocenters. The van der Waals surface area contributed by atoms with Crippen LogP contribution in [-0.2, 0) is 27.2 Å². The Hall–Kier alpha value is -2.17. The Morgan fingerprint density at radius 1 is 1.12 bits per heavy atom. The Bertz CT molecular complexity index is 702. The second-order valence-corrected chi connectivity index (χ2v) is 6.24. The van der Waals surface area contributed by atoms with E-state index in [9.17, 15) is 9.59 Å². The molecule has 0 radical (unpaired) electrons. The lowest BCUT2D eigenvalue weighted by molar-refractivity contribution is -0.141. The highest BCUT2D eigenvalue weighted by Gasteiger charge is 2.37. The predicted octanol–water partition coefficient (Wildman–Crippen LogP) is 2.88. The van der Waals surface area contributed by atoms with Crippen LogP contribution in [0.15, 0.2) is 54.6 Å². The van der Waals surface area contributed by atoms with E-state index in [1.165, 1.54) is 0 Å². The Labute approximate surface area is 146 Å². The third-order valence-corrected chi connectivity index (χ3v) is 4.37. The molecule has 2 aromatic rings. The van der Waals surface area contributed by atoms with E-state index in [2.05, 4.69) is 0 Å². The van der Waals surface area contributed by atoms with Crippen LogP contribution in [0.25, 0.3) is 0 Å². The summed E-state index contributed by atoms with van der Waals surface area (Å²) in [6.45, 7) is 0.366. The Kier molecular flexibility index (Phi) is 5.28. The quantitative estimate of drug-likeness (QED) is 0.784. The Morgan fingerprint density at radius 2 is 1.83 bits per heavy atom. The molecule has 0 N–H and O–H groups in total. The maximum Gasteiger partial charge on any atom is 0.229 e. The smallest absolute Gasteiger partial charge is 0.229 e. The van der Waals surface area contributed by atoms with Crippen molar-refractivity contribution in [2.24, 2.45) is 0 Å². The molecule has 4 nitrogen and oxygen atoms in total. The van der Waals surface area contributed by atoms with Crippen molar-refractivity contribution in [3.63, 3.8) is 0 Å². The van der Waals surface area contributed by atoms with E-state index in [0.717, 1.165) is 11.1 Å². The first-order chi connectivity index (χ1) is 11.7. The summed E-state index contributed by atoms with van der Waals surface area (Å²) >= 11 is 5.87. The summed E-state index contributed by atoms with van der Waals surface area (Å²) in [7, 11) is 0. The largest absolute Gasteiger partial charge is 0.349 e. The van der Waals surface area contributed by atoms with Crippen LogP contribution in [0, 0.1) is 0 Å². The topological polar surface area (TPSA) is 46.6 Å². The SMILES string of the molecule is O=CC1OC[C@@H](Cc2ccccc2)N1C(=O)Cc1ccc(Cl)cc1. The molecule has 24 heavy (non-hydrogen) atoms. The van der Waals surface area contributed by atoms with E-state index >= 15 is 0 Å². The van der Waals surface area contributed by atoms with Gasteiger partial charge in [0.15, 0.2) is 12.5 Å². The van der Waals surface area contributed by atoms with Crippen molar-refractivity contribution >= 4 is 23.8 Å². The number of ether oxygens (including phenoxy) is 1. The molecule has 0 aromatic heterocycles. The van der Waals surface area contributed by atoms with Gasteiger partial charge in [-0.3, -0.25) is 9.59 Å². The van der Waals surface area contributed by atoms with Crippen LogP contribution in [0.2, 0.25) is 5.02 Å². The highest BCUT2D eigenvalue weighted by Crippen LogP contribution is 2.21. The van der Waals surface area contributed by atoms with Gasteiger partial charge in [0.2, 0.25) is 5.91 Å². The molecule has 0 spiro atoms. The molecule has 2 aromatic carbocycles. The van der Waals surface area contributed by atoms with Crippen LogP contribution in [0.4, 0.5) is 0 Å². The first-order valence-corrected chi connectivity index (χ1v) is 8.21. The molecule has 1 heterocycles.